The molecule has 0 radical (unpaired) electrons. The maximum Gasteiger partial charge on any atom is 0.202 e. The minimum absolute atomic E-state index is 0.106. The van der Waals surface area contributed by atoms with E-state index >= 15 is 0 Å². The number of piperidine rings is 1. The molecule has 0 aliphatic carbocycles. The summed E-state index contributed by atoms with van der Waals surface area (Å²) in [6, 6.07) is 3.61. The van der Waals surface area contributed by atoms with E-state index in [9.17, 15) is 4.79 Å². The van der Waals surface area contributed by atoms with Crippen molar-refractivity contribution in [2.75, 3.05) is 13.1 Å². The van der Waals surface area contributed by atoms with E-state index in [-0.39, 0.29) is 11.7 Å². The van der Waals surface area contributed by atoms with E-state index in [0.717, 1.165) is 31.7 Å². The molecule has 0 saturated carbocycles. The fourth-order valence-electron chi connectivity index (χ4n) is 1.84. The normalized spacial score (nSPS) is 22.2. The van der Waals surface area contributed by atoms with Crippen LogP contribution >= 0.6 is 0 Å². The summed E-state index contributed by atoms with van der Waals surface area (Å²) in [7, 11) is 0. The van der Waals surface area contributed by atoms with Crippen LogP contribution in [-0.2, 0) is 0 Å². The summed E-state index contributed by atoms with van der Waals surface area (Å²) < 4.78 is 5.32. The largest absolute Gasteiger partial charge is 0.458 e. The minimum Gasteiger partial charge on any atom is -0.458 e. The number of rotatable bonds is 2. The smallest absolute Gasteiger partial charge is 0.202 e. The Bertz CT molecular complexity index is 324. The fraction of sp³-hybridized carbons (Fsp3) is 0.545. The van der Waals surface area contributed by atoms with Gasteiger partial charge in [0.25, 0.3) is 0 Å². The molecule has 2 heterocycles. The Morgan fingerprint density at radius 1 is 1.57 bits per heavy atom. The second kappa shape index (κ2) is 3.96. The lowest BCUT2D eigenvalue weighted by Crippen LogP contribution is -2.34. The van der Waals surface area contributed by atoms with Crippen LogP contribution in [-0.4, -0.2) is 18.9 Å². The lowest BCUT2D eigenvalue weighted by molar-refractivity contribution is 0.0869. The van der Waals surface area contributed by atoms with Gasteiger partial charge in [-0.1, -0.05) is 0 Å². The van der Waals surface area contributed by atoms with Crippen molar-refractivity contribution in [1.29, 1.82) is 0 Å². The van der Waals surface area contributed by atoms with Crippen molar-refractivity contribution >= 4 is 5.78 Å². The van der Waals surface area contributed by atoms with Gasteiger partial charge < -0.3 is 9.73 Å². The molecule has 3 nitrogen and oxygen atoms in total. The molecule has 3 heteroatoms. The molecule has 1 aromatic rings. The Morgan fingerprint density at radius 3 is 3.00 bits per heavy atom. The van der Waals surface area contributed by atoms with Crippen LogP contribution in [0.3, 0.4) is 0 Å². The summed E-state index contributed by atoms with van der Waals surface area (Å²) in [4.78, 5) is 11.9. The molecule has 1 aliphatic heterocycles. The van der Waals surface area contributed by atoms with Crippen LogP contribution in [0.2, 0.25) is 0 Å². The van der Waals surface area contributed by atoms with Crippen LogP contribution < -0.4 is 5.32 Å². The highest BCUT2D eigenvalue weighted by atomic mass is 16.3. The number of aryl methyl sites for hydroxylation is 1. The van der Waals surface area contributed by atoms with Crippen molar-refractivity contribution in [3.63, 3.8) is 0 Å². The Morgan fingerprint density at radius 2 is 2.43 bits per heavy atom. The molecule has 1 fully saturated rings. The first-order valence-electron chi connectivity index (χ1n) is 5.09. The third-order valence-corrected chi connectivity index (χ3v) is 2.65. The zero-order valence-electron chi connectivity index (χ0n) is 8.38. The summed E-state index contributed by atoms with van der Waals surface area (Å²) >= 11 is 0. The maximum absolute atomic E-state index is 11.9. The molecule has 1 saturated heterocycles. The Hall–Kier alpha value is -1.09. The van der Waals surface area contributed by atoms with Gasteiger partial charge in [-0.15, -0.1) is 0 Å². The zero-order valence-corrected chi connectivity index (χ0v) is 8.38. The quantitative estimate of drug-likeness (QED) is 0.728. The van der Waals surface area contributed by atoms with Gasteiger partial charge in [-0.3, -0.25) is 4.79 Å². The van der Waals surface area contributed by atoms with Crippen LogP contribution in [0.5, 0.6) is 0 Å². The van der Waals surface area contributed by atoms with Gasteiger partial charge in [0.05, 0.1) is 0 Å². The molecule has 1 N–H and O–H groups in total. The standard InChI is InChI=1S/C11H15NO2/c1-8-4-5-10(14-8)11(13)9-3-2-6-12-7-9/h4-5,9,12H,2-3,6-7H2,1H3. The molecule has 0 aromatic carbocycles. The summed E-state index contributed by atoms with van der Waals surface area (Å²) in [5, 5.41) is 3.23. The second-order valence-electron chi connectivity index (χ2n) is 3.82. The average Bonchev–Trinajstić information content (AvgIpc) is 2.65. The zero-order chi connectivity index (χ0) is 9.97. The van der Waals surface area contributed by atoms with E-state index in [2.05, 4.69) is 5.32 Å². The topological polar surface area (TPSA) is 42.2 Å². The number of ketones is 1. The van der Waals surface area contributed by atoms with Gasteiger partial charge in [-0.25, -0.2) is 0 Å². The fourth-order valence-corrected chi connectivity index (χ4v) is 1.84. The molecule has 1 atom stereocenters. The van der Waals surface area contributed by atoms with Crippen molar-refractivity contribution in [3.05, 3.63) is 23.7 Å². The number of hydrogen-bond donors (Lipinski definition) is 1. The molecule has 14 heavy (non-hydrogen) atoms. The van der Waals surface area contributed by atoms with E-state index in [4.69, 9.17) is 4.42 Å². The number of Topliss-reactive ketones (excluding diaryl/α,β-unsaturated/α-hetero) is 1. The lowest BCUT2D eigenvalue weighted by atomic mass is 9.94. The molecular weight excluding hydrogens is 178 g/mol. The highest BCUT2D eigenvalue weighted by molar-refractivity contribution is 5.95. The first kappa shape index (κ1) is 9.46. The SMILES string of the molecule is Cc1ccc(C(=O)C2CCCNC2)o1. The number of carbonyl (C=O) groups excluding carboxylic acids is 1. The predicted molar refractivity (Wildman–Crippen MR) is 53.4 cm³/mol. The van der Waals surface area contributed by atoms with E-state index in [1.165, 1.54) is 0 Å². The van der Waals surface area contributed by atoms with Crippen LogP contribution in [0.25, 0.3) is 0 Å². The van der Waals surface area contributed by atoms with E-state index in [1.807, 2.05) is 13.0 Å². The van der Waals surface area contributed by atoms with Crippen molar-refractivity contribution in [2.24, 2.45) is 5.92 Å². The summed E-state index contributed by atoms with van der Waals surface area (Å²) in [6.45, 7) is 3.68. The summed E-state index contributed by atoms with van der Waals surface area (Å²) in [5.41, 5.74) is 0. The van der Waals surface area contributed by atoms with Gasteiger partial charge in [0.1, 0.15) is 5.76 Å². The predicted octanol–water partition coefficient (Wildman–Crippen LogP) is 1.77. The molecule has 1 aromatic heterocycles. The number of furan rings is 1. The first-order chi connectivity index (χ1) is 6.77. The molecule has 2 rings (SSSR count). The van der Waals surface area contributed by atoms with Gasteiger partial charge in [0.2, 0.25) is 5.78 Å². The van der Waals surface area contributed by atoms with Gasteiger partial charge in [-0.2, -0.15) is 0 Å². The monoisotopic (exact) mass is 193 g/mol. The van der Waals surface area contributed by atoms with Crippen molar-refractivity contribution in [1.82, 2.24) is 5.32 Å². The van der Waals surface area contributed by atoms with E-state index < -0.39 is 0 Å². The Kier molecular flexibility index (Phi) is 2.68. The molecule has 0 amide bonds. The highest BCUT2D eigenvalue weighted by Crippen LogP contribution is 2.18. The molecule has 0 bridgehead atoms. The molecular formula is C11H15NO2. The minimum atomic E-state index is 0.106. The Balaban J connectivity index is 2.07. The summed E-state index contributed by atoms with van der Waals surface area (Å²) in [5.74, 6) is 1.56. The van der Waals surface area contributed by atoms with Gasteiger partial charge >= 0.3 is 0 Å². The average molecular weight is 193 g/mol. The van der Waals surface area contributed by atoms with Gasteiger partial charge in [0.15, 0.2) is 5.76 Å². The van der Waals surface area contributed by atoms with Gasteiger partial charge in [-0.05, 0) is 38.4 Å². The van der Waals surface area contributed by atoms with Crippen molar-refractivity contribution in [2.45, 2.75) is 19.8 Å². The van der Waals surface area contributed by atoms with Crippen LogP contribution in [0.1, 0.15) is 29.2 Å². The molecule has 1 aliphatic rings. The van der Waals surface area contributed by atoms with Crippen LogP contribution in [0.4, 0.5) is 0 Å². The van der Waals surface area contributed by atoms with Crippen LogP contribution in [0, 0.1) is 12.8 Å². The highest BCUT2D eigenvalue weighted by Gasteiger charge is 2.24. The third kappa shape index (κ3) is 1.87. The lowest BCUT2D eigenvalue weighted by Gasteiger charge is -2.20. The number of nitrogens with one attached hydrogen (secondary N) is 1. The molecule has 1 unspecified atom stereocenters. The summed E-state index contributed by atoms with van der Waals surface area (Å²) in [6.07, 6.45) is 2.06. The molecule has 0 spiro atoms. The third-order valence-electron chi connectivity index (χ3n) is 2.65. The van der Waals surface area contributed by atoms with E-state index in [1.54, 1.807) is 6.07 Å². The first-order valence-corrected chi connectivity index (χ1v) is 5.09. The maximum atomic E-state index is 11.9. The van der Waals surface area contributed by atoms with E-state index in [0.29, 0.717) is 5.76 Å². The van der Waals surface area contributed by atoms with Crippen LogP contribution in [0.15, 0.2) is 16.5 Å². The van der Waals surface area contributed by atoms with Gasteiger partial charge in [0, 0.05) is 12.5 Å². The molecule has 76 valence electrons. The van der Waals surface area contributed by atoms with Crippen molar-refractivity contribution < 1.29 is 9.21 Å². The number of hydrogen-bond acceptors (Lipinski definition) is 3. The second-order valence-corrected chi connectivity index (χ2v) is 3.82. The number of carbonyl (C=O) groups is 1. The van der Waals surface area contributed by atoms with Crippen molar-refractivity contribution in [3.8, 4) is 0 Å². The Labute approximate surface area is 83.5 Å².